The normalized spacial score (nSPS) is 17.7. The van der Waals surface area contributed by atoms with E-state index in [0.717, 1.165) is 45.4 Å². The van der Waals surface area contributed by atoms with Crippen LogP contribution in [0.1, 0.15) is 36.1 Å². The van der Waals surface area contributed by atoms with Crippen LogP contribution in [0.15, 0.2) is 35.1 Å². The molecule has 2 aliphatic rings. The minimum absolute atomic E-state index is 0.134. The summed E-state index contributed by atoms with van der Waals surface area (Å²) in [6, 6.07) is 10.6. The number of morpholine rings is 1. The molecule has 1 amide bonds. The molecular formula is C24H32N4O3. The lowest BCUT2D eigenvalue weighted by atomic mass is 9.90. The Kier molecular flexibility index (Phi) is 7.02. The van der Waals surface area contributed by atoms with Gasteiger partial charge < -0.3 is 14.5 Å². The van der Waals surface area contributed by atoms with Crippen molar-refractivity contribution in [2.45, 2.75) is 39.0 Å². The van der Waals surface area contributed by atoms with E-state index in [0.29, 0.717) is 49.2 Å². The van der Waals surface area contributed by atoms with Gasteiger partial charge in [-0.1, -0.05) is 30.3 Å². The van der Waals surface area contributed by atoms with Gasteiger partial charge in [-0.15, -0.1) is 0 Å². The van der Waals surface area contributed by atoms with Crippen LogP contribution in [0.3, 0.4) is 0 Å². The second-order valence-corrected chi connectivity index (χ2v) is 8.57. The number of piperidine rings is 1. The van der Waals surface area contributed by atoms with Crippen LogP contribution in [-0.4, -0.2) is 60.2 Å². The Bertz CT molecular complexity index is 930. The molecule has 7 heteroatoms. The van der Waals surface area contributed by atoms with E-state index in [9.17, 15) is 9.59 Å². The van der Waals surface area contributed by atoms with E-state index in [1.807, 2.05) is 22.8 Å². The number of likely N-dealkylation sites (tertiary alicyclic amines) is 1. The van der Waals surface area contributed by atoms with Crippen LogP contribution in [-0.2, 0) is 22.4 Å². The first-order valence-electron chi connectivity index (χ1n) is 11.3. The summed E-state index contributed by atoms with van der Waals surface area (Å²) in [5.74, 6) is 1.36. The Balaban J connectivity index is 1.28. The number of aryl methyl sites for hydroxylation is 1. The molecule has 2 aliphatic heterocycles. The maximum Gasteiger partial charge on any atom is 0.255 e. The minimum atomic E-state index is -0.136. The molecule has 0 atom stereocenters. The van der Waals surface area contributed by atoms with Crippen molar-refractivity contribution in [3.63, 3.8) is 0 Å². The van der Waals surface area contributed by atoms with Gasteiger partial charge in [0.15, 0.2) is 0 Å². The standard InChI is InChI=1S/C24H32N4O3/c1-18-21(23(30)26-24(25-18)28-13-15-31-16-14-28)7-8-22(29)27-11-9-20(10-12-27)17-19-5-3-2-4-6-19/h2-6,20H,7-17H2,1H3,(H,25,26,30). The van der Waals surface area contributed by atoms with Gasteiger partial charge in [0.25, 0.3) is 5.56 Å². The van der Waals surface area contributed by atoms with Crippen LogP contribution in [0, 0.1) is 12.8 Å². The van der Waals surface area contributed by atoms with Gasteiger partial charge in [0.05, 0.1) is 13.2 Å². The highest BCUT2D eigenvalue weighted by molar-refractivity contribution is 5.76. The van der Waals surface area contributed by atoms with Gasteiger partial charge in [0.2, 0.25) is 11.9 Å². The lowest BCUT2D eigenvalue weighted by Gasteiger charge is -2.32. The number of H-pyrrole nitrogens is 1. The molecule has 0 spiro atoms. The topological polar surface area (TPSA) is 78.5 Å². The molecule has 166 valence electrons. The van der Waals surface area contributed by atoms with E-state index in [1.54, 1.807) is 0 Å². The van der Waals surface area contributed by atoms with E-state index in [1.165, 1.54) is 5.56 Å². The highest BCUT2D eigenvalue weighted by Gasteiger charge is 2.23. The third-order valence-corrected chi connectivity index (χ3v) is 6.44. The van der Waals surface area contributed by atoms with Crippen molar-refractivity contribution < 1.29 is 9.53 Å². The largest absolute Gasteiger partial charge is 0.378 e. The van der Waals surface area contributed by atoms with Crippen molar-refractivity contribution in [2.75, 3.05) is 44.3 Å². The lowest BCUT2D eigenvalue weighted by molar-refractivity contribution is -0.132. The van der Waals surface area contributed by atoms with Crippen LogP contribution in [0.25, 0.3) is 0 Å². The molecule has 1 aromatic carbocycles. The number of aromatic nitrogens is 2. The number of rotatable bonds is 6. The number of hydrogen-bond donors (Lipinski definition) is 1. The smallest absolute Gasteiger partial charge is 0.255 e. The monoisotopic (exact) mass is 424 g/mol. The quantitative estimate of drug-likeness (QED) is 0.770. The highest BCUT2D eigenvalue weighted by Crippen LogP contribution is 2.22. The number of aromatic amines is 1. The Hall–Kier alpha value is -2.67. The number of amides is 1. The Morgan fingerprint density at radius 3 is 2.52 bits per heavy atom. The first kappa shape index (κ1) is 21.6. The Labute approximate surface area is 183 Å². The van der Waals surface area contributed by atoms with Gasteiger partial charge in [-0.2, -0.15) is 0 Å². The number of ether oxygens (including phenoxy) is 1. The van der Waals surface area contributed by atoms with Crippen molar-refractivity contribution in [3.8, 4) is 0 Å². The number of carbonyl (C=O) groups is 1. The number of benzene rings is 1. The number of nitrogens with one attached hydrogen (secondary N) is 1. The van der Waals surface area contributed by atoms with Crippen molar-refractivity contribution in [1.29, 1.82) is 0 Å². The van der Waals surface area contributed by atoms with Gasteiger partial charge in [-0.3, -0.25) is 14.6 Å². The zero-order chi connectivity index (χ0) is 21.6. The fourth-order valence-electron chi connectivity index (χ4n) is 4.54. The van der Waals surface area contributed by atoms with E-state index in [2.05, 4.69) is 34.2 Å². The molecule has 2 saturated heterocycles. The molecule has 1 N–H and O–H groups in total. The molecule has 0 aliphatic carbocycles. The van der Waals surface area contributed by atoms with Crippen LogP contribution in [0.5, 0.6) is 0 Å². The molecule has 31 heavy (non-hydrogen) atoms. The average molecular weight is 425 g/mol. The van der Waals surface area contributed by atoms with Crippen LogP contribution < -0.4 is 10.5 Å². The molecule has 2 fully saturated rings. The summed E-state index contributed by atoms with van der Waals surface area (Å²) in [5, 5.41) is 0. The molecular weight excluding hydrogens is 392 g/mol. The van der Waals surface area contributed by atoms with Gasteiger partial charge in [-0.05, 0) is 44.1 Å². The second-order valence-electron chi connectivity index (χ2n) is 8.57. The summed E-state index contributed by atoms with van der Waals surface area (Å²) >= 11 is 0. The first-order valence-corrected chi connectivity index (χ1v) is 11.3. The summed E-state index contributed by atoms with van der Waals surface area (Å²) in [7, 11) is 0. The van der Waals surface area contributed by atoms with Gasteiger partial charge in [0, 0.05) is 43.9 Å². The van der Waals surface area contributed by atoms with E-state index >= 15 is 0 Å². The van der Waals surface area contributed by atoms with E-state index < -0.39 is 0 Å². The van der Waals surface area contributed by atoms with Crippen molar-refractivity contribution in [1.82, 2.24) is 14.9 Å². The maximum absolute atomic E-state index is 12.7. The van der Waals surface area contributed by atoms with Gasteiger partial charge in [0.1, 0.15) is 0 Å². The molecule has 3 heterocycles. The minimum Gasteiger partial charge on any atom is -0.378 e. The number of anilines is 1. The fraction of sp³-hybridized carbons (Fsp3) is 0.542. The molecule has 7 nitrogen and oxygen atoms in total. The number of hydrogen-bond acceptors (Lipinski definition) is 5. The predicted octanol–water partition coefficient (Wildman–Crippen LogP) is 2.33. The second kappa shape index (κ2) is 10.1. The summed E-state index contributed by atoms with van der Waals surface area (Å²) in [5.41, 5.74) is 2.56. The molecule has 4 rings (SSSR count). The summed E-state index contributed by atoms with van der Waals surface area (Å²) in [6.45, 7) is 6.19. The summed E-state index contributed by atoms with van der Waals surface area (Å²) in [6.07, 6.45) is 3.94. The highest BCUT2D eigenvalue weighted by atomic mass is 16.5. The zero-order valence-electron chi connectivity index (χ0n) is 18.3. The van der Waals surface area contributed by atoms with Crippen molar-refractivity contribution >= 4 is 11.9 Å². The van der Waals surface area contributed by atoms with Crippen molar-refractivity contribution in [2.24, 2.45) is 5.92 Å². The third-order valence-electron chi connectivity index (χ3n) is 6.44. The van der Waals surface area contributed by atoms with Crippen LogP contribution >= 0.6 is 0 Å². The lowest BCUT2D eigenvalue weighted by Crippen LogP contribution is -2.39. The Morgan fingerprint density at radius 1 is 1.13 bits per heavy atom. The maximum atomic E-state index is 12.7. The third kappa shape index (κ3) is 5.53. The summed E-state index contributed by atoms with van der Waals surface area (Å²) < 4.78 is 5.36. The van der Waals surface area contributed by atoms with Crippen molar-refractivity contribution in [3.05, 3.63) is 57.5 Å². The van der Waals surface area contributed by atoms with E-state index in [-0.39, 0.29) is 11.5 Å². The SMILES string of the molecule is Cc1nc(N2CCOCC2)[nH]c(=O)c1CCC(=O)N1CCC(Cc2ccccc2)CC1. The predicted molar refractivity (Wildman–Crippen MR) is 120 cm³/mol. The molecule has 0 unspecified atom stereocenters. The molecule has 1 aromatic heterocycles. The van der Waals surface area contributed by atoms with Gasteiger partial charge >= 0.3 is 0 Å². The zero-order valence-corrected chi connectivity index (χ0v) is 18.3. The molecule has 0 saturated carbocycles. The van der Waals surface area contributed by atoms with Crippen LogP contribution in [0.4, 0.5) is 5.95 Å². The number of carbonyl (C=O) groups excluding carboxylic acids is 1. The molecule has 0 bridgehead atoms. The first-order chi connectivity index (χ1) is 15.1. The number of nitrogens with zero attached hydrogens (tertiary/aromatic N) is 3. The van der Waals surface area contributed by atoms with Crippen LogP contribution in [0.2, 0.25) is 0 Å². The fourth-order valence-corrected chi connectivity index (χ4v) is 4.54. The Morgan fingerprint density at radius 2 is 1.84 bits per heavy atom. The van der Waals surface area contributed by atoms with Gasteiger partial charge in [-0.25, -0.2) is 4.98 Å². The van der Waals surface area contributed by atoms with E-state index in [4.69, 9.17) is 4.74 Å². The molecule has 2 aromatic rings. The average Bonchev–Trinajstić information content (AvgIpc) is 2.80. The summed E-state index contributed by atoms with van der Waals surface area (Å²) in [4.78, 5) is 36.9. The molecule has 0 radical (unpaired) electrons.